The Balaban J connectivity index is 1.40. The fourth-order valence-electron chi connectivity index (χ4n) is 6.16. The number of anilines is 2. The summed E-state index contributed by atoms with van der Waals surface area (Å²) in [6.45, 7) is 11.8. The van der Waals surface area contributed by atoms with Gasteiger partial charge in [0.05, 0.1) is 28.7 Å². The third-order valence-electron chi connectivity index (χ3n) is 8.47. The molecule has 0 saturated carbocycles. The lowest BCUT2D eigenvalue weighted by atomic mass is 9.86. The van der Waals surface area contributed by atoms with Gasteiger partial charge in [-0.25, -0.2) is 15.0 Å². The van der Waals surface area contributed by atoms with Crippen LogP contribution in [0.1, 0.15) is 81.5 Å². The summed E-state index contributed by atoms with van der Waals surface area (Å²) in [5, 5.41) is 4.32. The summed E-state index contributed by atoms with van der Waals surface area (Å²) in [5.41, 5.74) is 3.36. The van der Waals surface area contributed by atoms with Crippen LogP contribution < -0.4 is 14.9 Å². The van der Waals surface area contributed by atoms with Crippen molar-refractivity contribution in [3.8, 4) is 11.4 Å². The number of pyridine rings is 4. The predicted octanol–water partition coefficient (Wildman–Crippen LogP) is 7.36. The molecular weight excluding hydrogens is 573 g/mol. The van der Waals surface area contributed by atoms with Crippen molar-refractivity contribution in [1.82, 2.24) is 24.7 Å². The number of aromatic nitrogens is 4. The zero-order valence-electron chi connectivity index (χ0n) is 25.8. The topological polar surface area (TPSA) is 95.9 Å². The first-order valence-electron chi connectivity index (χ1n) is 15.1. The summed E-state index contributed by atoms with van der Waals surface area (Å²) in [4.78, 5) is 34.5. The summed E-state index contributed by atoms with van der Waals surface area (Å²) in [7, 11) is 0. The molecule has 4 aromatic heterocycles. The summed E-state index contributed by atoms with van der Waals surface area (Å²) < 4.78 is 17.0. The van der Waals surface area contributed by atoms with Gasteiger partial charge in [-0.1, -0.05) is 32.9 Å². The second kappa shape index (κ2) is 11.8. The van der Waals surface area contributed by atoms with E-state index in [4.69, 9.17) is 15.0 Å². The number of fused-ring (bicyclic) bond motifs is 6. The molecule has 44 heavy (non-hydrogen) atoms. The Morgan fingerprint density at radius 1 is 0.977 bits per heavy atom. The first-order valence-corrected chi connectivity index (χ1v) is 15.9. The molecule has 0 radical (unpaired) electrons. The van der Waals surface area contributed by atoms with Crippen molar-refractivity contribution < 1.29 is 9.18 Å². The molecule has 2 atom stereocenters. The minimum absolute atomic E-state index is 0.000761. The van der Waals surface area contributed by atoms with Crippen LogP contribution in [0.3, 0.4) is 0 Å². The van der Waals surface area contributed by atoms with Crippen molar-refractivity contribution in [3.05, 3.63) is 89.6 Å². The molecule has 4 bridgehead atoms. The molecule has 0 spiro atoms. The number of halogens is 1. The van der Waals surface area contributed by atoms with Gasteiger partial charge in [-0.15, -0.1) is 0 Å². The Morgan fingerprint density at radius 2 is 1.77 bits per heavy atom. The van der Waals surface area contributed by atoms with E-state index in [0.29, 0.717) is 33.7 Å². The third-order valence-corrected chi connectivity index (χ3v) is 9.20. The van der Waals surface area contributed by atoms with Gasteiger partial charge in [0.15, 0.2) is 0 Å². The number of nitrogens with one attached hydrogen (secondary N) is 2. The lowest BCUT2D eigenvalue weighted by Crippen LogP contribution is -2.40. The van der Waals surface area contributed by atoms with Gasteiger partial charge in [0.1, 0.15) is 16.7 Å². The van der Waals surface area contributed by atoms with Crippen LogP contribution in [0.15, 0.2) is 71.9 Å². The quantitative estimate of drug-likeness (QED) is 0.179. The molecule has 10 heteroatoms. The number of rotatable bonds is 2. The van der Waals surface area contributed by atoms with Gasteiger partial charge >= 0.3 is 0 Å². The van der Waals surface area contributed by atoms with Gasteiger partial charge in [0.25, 0.3) is 5.91 Å². The zero-order valence-corrected chi connectivity index (χ0v) is 26.6. The van der Waals surface area contributed by atoms with Gasteiger partial charge in [0, 0.05) is 30.2 Å². The fraction of sp³-hybridized carbons (Fsp3) is 0.382. The molecule has 0 aliphatic carbocycles. The summed E-state index contributed by atoms with van der Waals surface area (Å²) in [6.07, 6.45) is 4.64. The van der Waals surface area contributed by atoms with Crippen LogP contribution in [0, 0.1) is 11.9 Å². The molecule has 4 aromatic rings. The Bertz CT molecular complexity index is 1690. The molecule has 1 fully saturated rings. The van der Waals surface area contributed by atoms with Gasteiger partial charge < -0.3 is 10.2 Å². The molecule has 8 nitrogen and oxygen atoms in total. The van der Waals surface area contributed by atoms with E-state index in [9.17, 15) is 9.18 Å². The highest BCUT2D eigenvalue weighted by Crippen LogP contribution is 2.41. The maximum Gasteiger partial charge on any atom is 0.265 e. The molecule has 2 aliphatic rings. The highest BCUT2D eigenvalue weighted by atomic mass is 32.2. The number of carbonyl (C=O) groups excluding carboxylic acids is 1. The molecule has 6 heterocycles. The monoisotopic (exact) mass is 611 g/mol. The molecule has 1 amide bonds. The molecular formula is C34H38FN7OS. The van der Waals surface area contributed by atoms with Crippen molar-refractivity contribution in [1.29, 1.82) is 0 Å². The standard InChI is InChI=1S/C34H38FN7OS/c1-33(2,3)22-16-17-36-27(18-22)26-14-12-21-19-34(4,5)42(20-21)31-23(13-15-25(39-31)24-8-6-9-28(35)37-24)32(43)41-44-30-11-7-10-29(38-26)40-30/h6-11,13,15-18,21,26H,12,14,19-20H2,1-5H3,(H,38,40)(H,41,43). The van der Waals surface area contributed by atoms with Gasteiger partial charge in [0.2, 0.25) is 5.95 Å². The highest BCUT2D eigenvalue weighted by molar-refractivity contribution is 7.97. The molecule has 1 saturated heterocycles. The Hall–Kier alpha value is -4.05. The smallest absolute Gasteiger partial charge is 0.265 e. The molecule has 228 valence electrons. The molecule has 0 aromatic carbocycles. The maximum absolute atomic E-state index is 14.0. The van der Waals surface area contributed by atoms with Crippen LogP contribution >= 0.6 is 11.9 Å². The first kappa shape index (κ1) is 30.0. The Morgan fingerprint density at radius 3 is 2.57 bits per heavy atom. The lowest BCUT2D eigenvalue weighted by molar-refractivity contribution is 0.0984. The van der Waals surface area contributed by atoms with Crippen LogP contribution in [0.25, 0.3) is 11.4 Å². The maximum atomic E-state index is 14.0. The van der Waals surface area contributed by atoms with E-state index in [2.05, 4.69) is 66.7 Å². The molecule has 2 unspecified atom stereocenters. The number of nitrogens with zero attached hydrogens (tertiary/aromatic N) is 5. The SMILES string of the molecule is CC(C)(C)c1ccnc(C2CCC3CN(c4nc(-c5cccc(F)n5)ccc4C(=O)NSc4cccc(n4)N2)C(C)(C)C3)c1. The van der Waals surface area contributed by atoms with Crippen molar-refractivity contribution in [2.45, 2.75) is 75.9 Å². The van der Waals surface area contributed by atoms with Crippen LogP contribution in [0.5, 0.6) is 0 Å². The van der Waals surface area contributed by atoms with E-state index in [1.165, 1.54) is 11.6 Å². The van der Waals surface area contributed by atoms with Gasteiger partial charge in [-0.05, 0) is 98.5 Å². The lowest BCUT2D eigenvalue weighted by Gasteiger charge is -2.34. The minimum atomic E-state index is -0.573. The number of hydrogen-bond donors (Lipinski definition) is 2. The minimum Gasteiger partial charge on any atom is -0.362 e. The van der Waals surface area contributed by atoms with E-state index in [1.807, 2.05) is 24.4 Å². The Kier molecular flexibility index (Phi) is 8.04. The highest BCUT2D eigenvalue weighted by Gasteiger charge is 2.41. The number of hydrogen-bond acceptors (Lipinski definition) is 8. The van der Waals surface area contributed by atoms with E-state index in [0.717, 1.165) is 49.3 Å². The zero-order chi connectivity index (χ0) is 31.1. The van der Waals surface area contributed by atoms with E-state index in [1.54, 1.807) is 24.3 Å². The second-order valence-corrected chi connectivity index (χ2v) is 14.1. The van der Waals surface area contributed by atoms with E-state index in [-0.39, 0.29) is 22.9 Å². The van der Waals surface area contributed by atoms with Crippen molar-refractivity contribution in [2.75, 3.05) is 16.8 Å². The normalized spacial score (nSPS) is 20.1. The van der Waals surface area contributed by atoms with Crippen LogP contribution in [-0.2, 0) is 5.41 Å². The third kappa shape index (κ3) is 6.40. The Labute approximate surface area is 262 Å². The van der Waals surface area contributed by atoms with E-state index >= 15 is 0 Å². The van der Waals surface area contributed by atoms with Crippen LogP contribution in [0.4, 0.5) is 16.0 Å². The molecule has 2 aliphatic heterocycles. The van der Waals surface area contributed by atoms with Crippen molar-refractivity contribution in [2.24, 2.45) is 5.92 Å². The van der Waals surface area contributed by atoms with Gasteiger partial charge in [-0.3, -0.25) is 14.5 Å². The largest absolute Gasteiger partial charge is 0.362 e. The van der Waals surface area contributed by atoms with Gasteiger partial charge in [-0.2, -0.15) is 4.39 Å². The average molecular weight is 612 g/mol. The first-order chi connectivity index (χ1) is 21.0. The van der Waals surface area contributed by atoms with Crippen LogP contribution in [-0.4, -0.2) is 37.9 Å². The predicted molar refractivity (Wildman–Crippen MR) is 173 cm³/mol. The number of amides is 1. The van der Waals surface area contributed by atoms with Crippen molar-refractivity contribution in [3.63, 3.8) is 0 Å². The van der Waals surface area contributed by atoms with Crippen LogP contribution in [0.2, 0.25) is 0 Å². The summed E-state index contributed by atoms with van der Waals surface area (Å²) in [6, 6.07) is 18.1. The number of carbonyl (C=O) groups is 1. The molecule has 2 N–H and O–H groups in total. The summed E-state index contributed by atoms with van der Waals surface area (Å²) >= 11 is 1.16. The van der Waals surface area contributed by atoms with Crippen molar-refractivity contribution >= 4 is 29.5 Å². The summed E-state index contributed by atoms with van der Waals surface area (Å²) in [5.74, 6) is 0.815. The fourth-order valence-corrected chi connectivity index (χ4v) is 6.76. The van der Waals surface area contributed by atoms with E-state index < -0.39 is 5.95 Å². The molecule has 6 rings (SSSR count). The average Bonchev–Trinajstić information content (AvgIpc) is 3.30. The second-order valence-electron chi connectivity index (χ2n) is 13.3.